The molecule has 0 saturated heterocycles. The second-order valence-electron chi connectivity index (χ2n) is 5.65. The Bertz CT molecular complexity index is 749. The summed E-state index contributed by atoms with van der Waals surface area (Å²) in [6, 6.07) is 13.3. The van der Waals surface area contributed by atoms with Gasteiger partial charge in [-0.2, -0.15) is 0 Å². The van der Waals surface area contributed by atoms with Gasteiger partial charge in [-0.15, -0.1) is 0 Å². The molecular weight excluding hydrogens is 300 g/mol. The minimum atomic E-state index is 0.151. The summed E-state index contributed by atoms with van der Waals surface area (Å²) < 4.78 is 0. The molecule has 0 saturated carbocycles. The van der Waals surface area contributed by atoms with Crippen molar-refractivity contribution in [2.45, 2.75) is 13.5 Å². The third-order valence-corrected chi connectivity index (χ3v) is 3.66. The van der Waals surface area contributed by atoms with Gasteiger partial charge in [-0.05, 0) is 43.8 Å². The molecule has 2 rings (SSSR count). The molecule has 0 aliphatic heterocycles. The lowest BCUT2D eigenvalue weighted by atomic mass is 10.0. The van der Waals surface area contributed by atoms with E-state index in [0.29, 0.717) is 11.3 Å². The zero-order valence-electron chi connectivity index (χ0n) is 14.0. The van der Waals surface area contributed by atoms with Gasteiger partial charge in [-0.3, -0.25) is 10.4 Å². The SMILES string of the molecule is CNCc1ccc(N(N)/C=C(\N)C(=N)c2cc(C)ccc2N)cc1. The zero-order chi connectivity index (χ0) is 17.7. The standard InChI is InChI=1S/C18H24N6/c1-12-3-8-16(19)15(9-12)18(21)17(20)11-24(22)14-6-4-13(5-7-14)10-23-2/h3-9,11,21,23H,10,19-20,22H2,1-2H3/b17-11-,21-18?. The van der Waals surface area contributed by atoms with Crippen molar-refractivity contribution < 1.29 is 0 Å². The third-order valence-electron chi connectivity index (χ3n) is 3.66. The lowest BCUT2D eigenvalue weighted by Crippen LogP contribution is -2.28. The van der Waals surface area contributed by atoms with E-state index in [-0.39, 0.29) is 11.4 Å². The van der Waals surface area contributed by atoms with Crippen LogP contribution in [0.2, 0.25) is 0 Å². The summed E-state index contributed by atoms with van der Waals surface area (Å²) in [6.07, 6.45) is 1.52. The summed E-state index contributed by atoms with van der Waals surface area (Å²) in [5.74, 6) is 6.04. The zero-order valence-corrected chi connectivity index (χ0v) is 14.0. The molecule has 0 heterocycles. The van der Waals surface area contributed by atoms with Crippen LogP contribution in [0.4, 0.5) is 11.4 Å². The maximum absolute atomic E-state index is 8.25. The molecule has 6 heteroatoms. The number of allylic oxidation sites excluding steroid dienone is 1. The average Bonchev–Trinajstić information content (AvgIpc) is 2.57. The first-order valence-corrected chi connectivity index (χ1v) is 7.62. The maximum Gasteiger partial charge on any atom is 0.0877 e. The Kier molecular flexibility index (Phi) is 5.57. The van der Waals surface area contributed by atoms with Crippen LogP contribution in [0.1, 0.15) is 16.7 Å². The van der Waals surface area contributed by atoms with E-state index in [2.05, 4.69) is 5.32 Å². The van der Waals surface area contributed by atoms with E-state index >= 15 is 0 Å². The van der Waals surface area contributed by atoms with Gasteiger partial charge in [0, 0.05) is 24.0 Å². The van der Waals surface area contributed by atoms with Gasteiger partial charge in [0.15, 0.2) is 0 Å². The average molecular weight is 324 g/mol. The van der Waals surface area contributed by atoms with E-state index in [1.54, 1.807) is 6.07 Å². The Labute approximate surface area is 142 Å². The molecule has 0 amide bonds. The predicted octanol–water partition coefficient (Wildman–Crippen LogP) is 1.84. The molecule has 0 aliphatic carbocycles. The second-order valence-corrected chi connectivity index (χ2v) is 5.65. The number of nitrogens with zero attached hydrogens (tertiary/aromatic N) is 1. The molecule has 0 aromatic heterocycles. The smallest absolute Gasteiger partial charge is 0.0877 e. The Morgan fingerprint density at radius 1 is 1.21 bits per heavy atom. The van der Waals surface area contributed by atoms with Crippen molar-refractivity contribution in [3.05, 3.63) is 71.1 Å². The first kappa shape index (κ1) is 17.5. The molecule has 0 bridgehead atoms. The predicted molar refractivity (Wildman–Crippen MR) is 101 cm³/mol. The minimum Gasteiger partial charge on any atom is -0.398 e. The number of nitrogens with one attached hydrogen (secondary N) is 2. The molecule has 24 heavy (non-hydrogen) atoms. The van der Waals surface area contributed by atoms with Crippen molar-refractivity contribution in [3.63, 3.8) is 0 Å². The fraction of sp³-hybridized carbons (Fsp3) is 0.167. The van der Waals surface area contributed by atoms with Crippen molar-refractivity contribution >= 4 is 17.1 Å². The van der Waals surface area contributed by atoms with Gasteiger partial charge in [0.2, 0.25) is 0 Å². The Morgan fingerprint density at radius 3 is 2.50 bits per heavy atom. The van der Waals surface area contributed by atoms with Crippen molar-refractivity contribution in [3.8, 4) is 0 Å². The van der Waals surface area contributed by atoms with E-state index in [9.17, 15) is 0 Å². The third kappa shape index (κ3) is 4.13. The highest BCUT2D eigenvalue weighted by Gasteiger charge is 2.10. The first-order chi connectivity index (χ1) is 11.4. The summed E-state index contributed by atoms with van der Waals surface area (Å²) in [7, 11) is 1.90. The first-order valence-electron chi connectivity index (χ1n) is 7.62. The van der Waals surface area contributed by atoms with Crippen LogP contribution in [0.5, 0.6) is 0 Å². The lowest BCUT2D eigenvalue weighted by molar-refractivity contribution is 0.817. The Morgan fingerprint density at radius 2 is 1.88 bits per heavy atom. The number of hydrazine groups is 1. The number of benzene rings is 2. The van der Waals surface area contributed by atoms with Gasteiger partial charge in [-0.25, -0.2) is 5.84 Å². The van der Waals surface area contributed by atoms with Gasteiger partial charge in [0.1, 0.15) is 0 Å². The van der Waals surface area contributed by atoms with Gasteiger partial charge in [-0.1, -0.05) is 23.8 Å². The number of anilines is 2. The van der Waals surface area contributed by atoms with E-state index < -0.39 is 0 Å². The van der Waals surface area contributed by atoms with E-state index in [4.69, 9.17) is 22.7 Å². The summed E-state index contributed by atoms with van der Waals surface area (Å²) in [4.78, 5) is 0. The molecule has 0 radical (unpaired) electrons. The number of rotatable bonds is 6. The Balaban J connectivity index is 2.19. The number of hydrogen-bond donors (Lipinski definition) is 5. The fourth-order valence-corrected chi connectivity index (χ4v) is 2.32. The molecule has 0 atom stereocenters. The van der Waals surface area contributed by atoms with Crippen LogP contribution in [0.25, 0.3) is 0 Å². The van der Waals surface area contributed by atoms with Crippen molar-refractivity contribution in [2.75, 3.05) is 17.8 Å². The molecule has 6 nitrogen and oxygen atoms in total. The van der Waals surface area contributed by atoms with Gasteiger partial charge in [0.05, 0.1) is 17.1 Å². The summed E-state index contributed by atoms with van der Waals surface area (Å²) >= 11 is 0. The van der Waals surface area contributed by atoms with E-state index in [1.165, 1.54) is 11.2 Å². The number of hydrogen-bond acceptors (Lipinski definition) is 6. The van der Waals surface area contributed by atoms with Crippen LogP contribution in [-0.2, 0) is 6.54 Å². The van der Waals surface area contributed by atoms with Crippen LogP contribution < -0.4 is 27.6 Å². The van der Waals surface area contributed by atoms with E-state index in [0.717, 1.165) is 23.4 Å². The largest absolute Gasteiger partial charge is 0.398 e. The van der Waals surface area contributed by atoms with Gasteiger partial charge < -0.3 is 16.8 Å². The molecule has 0 aliphatic rings. The van der Waals surface area contributed by atoms with Crippen LogP contribution in [-0.4, -0.2) is 12.8 Å². The highest BCUT2D eigenvalue weighted by Crippen LogP contribution is 2.18. The van der Waals surface area contributed by atoms with Crippen molar-refractivity contribution in [1.29, 1.82) is 5.41 Å². The molecule has 2 aromatic rings. The molecule has 0 fully saturated rings. The lowest BCUT2D eigenvalue weighted by Gasteiger charge is -2.16. The summed E-state index contributed by atoms with van der Waals surface area (Å²) in [5.41, 5.74) is 16.4. The van der Waals surface area contributed by atoms with Crippen molar-refractivity contribution in [1.82, 2.24) is 5.32 Å². The highest BCUT2D eigenvalue weighted by molar-refractivity contribution is 6.13. The number of nitrogen functional groups attached to an aromatic ring is 1. The van der Waals surface area contributed by atoms with Gasteiger partial charge in [0.25, 0.3) is 0 Å². The van der Waals surface area contributed by atoms with Crippen molar-refractivity contribution in [2.24, 2.45) is 11.6 Å². The van der Waals surface area contributed by atoms with Crippen LogP contribution >= 0.6 is 0 Å². The maximum atomic E-state index is 8.25. The minimum absolute atomic E-state index is 0.151. The molecule has 2 aromatic carbocycles. The summed E-state index contributed by atoms with van der Waals surface area (Å²) in [5, 5.41) is 12.7. The Hall–Kier alpha value is -2.83. The second kappa shape index (κ2) is 7.63. The molecule has 0 unspecified atom stereocenters. The quantitative estimate of drug-likeness (QED) is 0.240. The molecule has 8 N–H and O–H groups in total. The molecule has 0 spiro atoms. The normalized spacial score (nSPS) is 11.4. The van der Waals surface area contributed by atoms with Crippen LogP contribution in [0.15, 0.2) is 54.4 Å². The fourth-order valence-electron chi connectivity index (χ4n) is 2.32. The monoisotopic (exact) mass is 324 g/mol. The van der Waals surface area contributed by atoms with Crippen LogP contribution in [0.3, 0.4) is 0 Å². The molecular formula is C18H24N6. The highest BCUT2D eigenvalue weighted by atomic mass is 15.4. The number of aryl methyl sites for hydroxylation is 1. The summed E-state index contributed by atoms with van der Waals surface area (Å²) in [6.45, 7) is 2.73. The van der Waals surface area contributed by atoms with Gasteiger partial charge >= 0.3 is 0 Å². The molecule has 126 valence electrons. The van der Waals surface area contributed by atoms with E-state index in [1.807, 2.05) is 50.4 Å². The van der Waals surface area contributed by atoms with Crippen LogP contribution in [0, 0.1) is 12.3 Å². The topological polar surface area (TPSA) is 117 Å². The number of nitrogens with two attached hydrogens (primary N) is 3.